The third kappa shape index (κ3) is 4.18. The van der Waals surface area contributed by atoms with Crippen LogP contribution in [0.1, 0.15) is 34.6 Å². The summed E-state index contributed by atoms with van der Waals surface area (Å²) in [6.45, 7) is 10.3. The maximum absolute atomic E-state index is 12.2. The Morgan fingerprint density at radius 1 is 1.26 bits per heavy atom. The molecule has 0 aliphatic carbocycles. The summed E-state index contributed by atoms with van der Waals surface area (Å²) < 4.78 is 10.7. The van der Waals surface area contributed by atoms with E-state index in [2.05, 4.69) is 0 Å². The Balaban J connectivity index is 2.79. The molecule has 0 aromatic rings. The SMILES string of the molecule is CCOC(=O)C(N)C(=O)N1CC(C)(C)OC(C)(C)C1. The minimum atomic E-state index is -1.26. The number of nitrogens with two attached hydrogens (primary N) is 1. The van der Waals surface area contributed by atoms with Gasteiger partial charge < -0.3 is 20.1 Å². The zero-order chi connectivity index (χ0) is 14.8. The van der Waals surface area contributed by atoms with Crippen molar-refractivity contribution in [2.75, 3.05) is 19.7 Å². The van der Waals surface area contributed by atoms with Crippen LogP contribution in [-0.4, -0.2) is 53.7 Å². The fourth-order valence-corrected chi connectivity index (χ4v) is 2.47. The van der Waals surface area contributed by atoms with Crippen LogP contribution in [0.4, 0.5) is 0 Å². The van der Waals surface area contributed by atoms with Gasteiger partial charge >= 0.3 is 5.97 Å². The zero-order valence-corrected chi connectivity index (χ0v) is 12.4. The van der Waals surface area contributed by atoms with E-state index in [0.717, 1.165) is 0 Å². The molecule has 1 saturated heterocycles. The van der Waals surface area contributed by atoms with Crippen LogP contribution in [0.3, 0.4) is 0 Å². The number of esters is 1. The average Bonchev–Trinajstić information content (AvgIpc) is 2.23. The van der Waals surface area contributed by atoms with Gasteiger partial charge in [0, 0.05) is 13.1 Å². The molecule has 1 aliphatic rings. The number of ether oxygens (including phenoxy) is 2. The molecule has 1 amide bonds. The molecule has 0 radical (unpaired) electrons. The van der Waals surface area contributed by atoms with Gasteiger partial charge in [0.1, 0.15) is 0 Å². The van der Waals surface area contributed by atoms with Crippen LogP contribution in [0.15, 0.2) is 0 Å². The van der Waals surface area contributed by atoms with Gasteiger partial charge in [-0.3, -0.25) is 4.79 Å². The lowest BCUT2D eigenvalue weighted by molar-refractivity contribution is -0.189. The second kappa shape index (κ2) is 5.46. The fourth-order valence-electron chi connectivity index (χ4n) is 2.47. The highest BCUT2D eigenvalue weighted by Gasteiger charge is 2.42. The first-order valence-electron chi connectivity index (χ1n) is 6.49. The minimum Gasteiger partial charge on any atom is -0.464 e. The summed E-state index contributed by atoms with van der Waals surface area (Å²) in [6, 6.07) is -1.26. The summed E-state index contributed by atoms with van der Waals surface area (Å²) in [6.07, 6.45) is 0. The number of hydrogen-bond acceptors (Lipinski definition) is 5. The Morgan fingerprint density at radius 3 is 2.16 bits per heavy atom. The largest absolute Gasteiger partial charge is 0.464 e. The number of morpholine rings is 1. The summed E-state index contributed by atoms with van der Waals surface area (Å²) in [4.78, 5) is 25.3. The highest BCUT2D eigenvalue weighted by atomic mass is 16.5. The first-order valence-corrected chi connectivity index (χ1v) is 6.49. The van der Waals surface area contributed by atoms with E-state index in [0.29, 0.717) is 13.1 Å². The van der Waals surface area contributed by atoms with Gasteiger partial charge in [0.25, 0.3) is 5.91 Å². The first-order chi connectivity index (χ1) is 8.58. The van der Waals surface area contributed by atoms with Crippen molar-refractivity contribution in [3.63, 3.8) is 0 Å². The van der Waals surface area contributed by atoms with Crippen LogP contribution in [0, 0.1) is 0 Å². The van der Waals surface area contributed by atoms with Crippen molar-refractivity contribution in [3.05, 3.63) is 0 Å². The number of rotatable bonds is 3. The standard InChI is InChI=1S/C13H24N2O4/c1-6-18-11(17)9(14)10(16)15-7-12(2,3)19-13(4,5)8-15/h9H,6-8,14H2,1-5H3. The predicted octanol–water partition coefficient (Wildman–Crippen LogP) is 0.293. The molecule has 0 saturated carbocycles. The summed E-state index contributed by atoms with van der Waals surface area (Å²) in [5.41, 5.74) is 4.72. The van der Waals surface area contributed by atoms with E-state index in [9.17, 15) is 9.59 Å². The Morgan fingerprint density at radius 2 is 1.74 bits per heavy atom. The van der Waals surface area contributed by atoms with E-state index < -0.39 is 29.1 Å². The lowest BCUT2D eigenvalue weighted by Crippen LogP contribution is -2.62. The third-order valence-electron chi connectivity index (χ3n) is 2.81. The third-order valence-corrected chi connectivity index (χ3v) is 2.81. The average molecular weight is 272 g/mol. The summed E-state index contributed by atoms with van der Waals surface area (Å²) in [5, 5.41) is 0. The second-order valence-corrected chi connectivity index (χ2v) is 6.05. The van der Waals surface area contributed by atoms with Gasteiger partial charge in [-0.05, 0) is 34.6 Å². The molecular formula is C13H24N2O4. The normalized spacial score (nSPS) is 22.7. The van der Waals surface area contributed by atoms with E-state index in [4.69, 9.17) is 15.2 Å². The van der Waals surface area contributed by atoms with Crippen molar-refractivity contribution in [2.24, 2.45) is 5.73 Å². The van der Waals surface area contributed by atoms with E-state index in [1.165, 1.54) is 0 Å². The summed E-state index contributed by atoms with van der Waals surface area (Å²) in [7, 11) is 0. The van der Waals surface area contributed by atoms with Gasteiger partial charge in [0.05, 0.1) is 17.8 Å². The Kier molecular flexibility index (Phi) is 4.58. The molecule has 19 heavy (non-hydrogen) atoms. The molecule has 1 heterocycles. The molecule has 0 aromatic heterocycles. The molecule has 6 heteroatoms. The number of carbonyl (C=O) groups excluding carboxylic acids is 2. The lowest BCUT2D eigenvalue weighted by Gasteiger charge is -2.47. The first kappa shape index (κ1) is 15.9. The predicted molar refractivity (Wildman–Crippen MR) is 70.4 cm³/mol. The van der Waals surface area contributed by atoms with Gasteiger partial charge in [-0.15, -0.1) is 0 Å². The Hall–Kier alpha value is -1.14. The molecule has 2 N–H and O–H groups in total. The van der Waals surface area contributed by atoms with Crippen molar-refractivity contribution in [2.45, 2.75) is 51.9 Å². The van der Waals surface area contributed by atoms with Crippen molar-refractivity contribution in [1.82, 2.24) is 4.90 Å². The molecule has 0 aromatic carbocycles. The van der Waals surface area contributed by atoms with Gasteiger partial charge in [0.15, 0.2) is 6.04 Å². The molecule has 6 nitrogen and oxygen atoms in total. The van der Waals surface area contributed by atoms with Gasteiger partial charge in [0.2, 0.25) is 0 Å². The zero-order valence-electron chi connectivity index (χ0n) is 12.4. The molecule has 1 fully saturated rings. The van der Waals surface area contributed by atoms with E-state index in [1.54, 1.807) is 11.8 Å². The Bertz CT molecular complexity index is 350. The fraction of sp³-hybridized carbons (Fsp3) is 0.846. The molecule has 1 aliphatic heterocycles. The quantitative estimate of drug-likeness (QED) is 0.590. The van der Waals surface area contributed by atoms with Gasteiger partial charge in [-0.1, -0.05) is 0 Å². The lowest BCUT2D eigenvalue weighted by atomic mass is 9.98. The maximum atomic E-state index is 12.2. The van der Waals surface area contributed by atoms with Crippen LogP contribution in [0.5, 0.6) is 0 Å². The van der Waals surface area contributed by atoms with Crippen LogP contribution >= 0.6 is 0 Å². The summed E-state index contributed by atoms with van der Waals surface area (Å²) in [5.74, 6) is -1.10. The number of carbonyl (C=O) groups is 2. The smallest absolute Gasteiger partial charge is 0.332 e. The summed E-state index contributed by atoms with van der Waals surface area (Å²) >= 11 is 0. The van der Waals surface area contributed by atoms with E-state index in [1.807, 2.05) is 27.7 Å². The van der Waals surface area contributed by atoms with Crippen molar-refractivity contribution in [1.29, 1.82) is 0 Å². The Labute approximate surface area is 114 Å². The molecule has 0 bridgehead atoms. The molecule has 0 spiro atoms. The second-order valence-electron chi connectivity index (χ2n) is 6.05. The highest BCUT2D eigenvalue weighted by Crippen LogP contribution is 2.28. The monoisotopic (exact) mass is 272 g/mol. The van der Waals surface area contributed by atoms with Crippen LogP contribution in [0.25, 0.3) is 0 Å². The van der Waals surface area contributed by atoms with Crippen molar-refractivity contribution >= 4 is 11.9 Å². The highest BCUT2D eigenvalue weighted by molar-refractivity contribution is 6.01. The van der Waals surface area contributed by atoms with Crippen LogP contribution in [-0.2, 0) is 19.1 Å². The van der Waals surface area contributed by atoms with Crippen molar-refractivity contribution < 1.29 is 19.1 Å². The molecule has 110 valence electrons. The van der Waals surface area contributed by atoms with E-state index >= 15 is 0 Å². The maximum Gasteiger partial charge on any atom is 0.332 e. The van der Waals surface area contributed by atoms with E-state index in [-0.39, 0.29) is 6.61 Å². The van der Waals surface area contributed by atoms with Crippen LogP contribution < -0.4 is 5.73 Å². The minimum absolute atomic E-state index is 0.208. The van der Waals surface area contributed by atoms with Crippen LogP contribution in [0.2, 0.25) is 0 Å². The molecular weight excluding hydrogens is 248 g/mol. The van der Waals surface area contributed by atoms with Gasteiger partial charge in [-0.2, -0.15) is 0 Å². The number of amides is 1. The number of hydrogen-bond donors (Lipinski definition) is 1. The topological polar surface area (TPSA) is 81.9 Å². The van der Waals surface area contributed by atoms with Crippen molar-refractivity contribution in [3.8, 4) is 0 Å². The molecule has 1 rings (SSSR count). The molecule has 1 atom stereocenters. The molecule has 1 unspecified atom stereocenters. The van der Waals surface area contributed by atoms with Gasteiger partial charge in [-0.25, -0.2) is 4.79 Å². The number of nitrogens with zero attached hydrogens (tertiary/aromatic N) is 1.